The second-order valence-corrected chi connectivity index (χ2v) is 6.12. The Morgan fingerprint density at radius 1 is 1.38 bits per heavy atom. The lowest BCUT2D eigenvalue weighted by Gasteiger charge is -2.34. The number of ether oxygens (including phenoxy) is 1. The van der Waals surface area contributed by atoms with E-state index in [2.05, 4.69) is 26.1 Å². The third-order valence-electron chi connectivity index (χ3n) is 4.28. The smallest absolute Gasteiger partial charge is 0.0672 e. The Balaban J connectivity index is 1.89. The molecule has 2 atom stereocenters. The number of rotatable bonds is 6. The fourth-order valence-electron chi connectivity index (χ4n) is 3.04. The van der Waals surface area contributed by atoms with E-state index in [-0.39, 0.29) is 0 Å². The van der Waals surface area contributed by atoms with E-state index in [0.717, 1.165) is 31.5 Å². The summed E-state index contributed by atoms with van der Waals surface area (Å²) in [6.07, 6.45) is 5.87. The molecule has 1 saturated heterocycles. The monoisotopic (exact) mass is 225 g/mol. The van der Waals surface area contributed by atoms with Gasteiger partial charge in [-0.1, -0.05) is 20.8 Å². The van der Waals surface area contributed by atoms with Crippen molar-refractivity contribution in [1.29, 1.82) is 0 Å². The van der Waals surface area contributed by atoms with Gasteiger partial charge in [0.25, 0.3) is 0 Å². The molecule has 2 fully saturated rings. The van der Waals surface area contributed by atoms with Crippen molar-refractivity contribution in [1.82, 2.24) is 5.32 Å². The van der Waals surface area contributed by atoms with Gasteiger partial charge >= 0.3 is 0 Å². The zero-order chi connectivity index (χ0) is 11.6. The molecule has 2 rings (SSSR count). The van der Waals surface area contributed by atoms with Gasteiger partial charge < -0.3 is 10.1 Å². The quantitative estimate of drug-likeness (QED) is 0.750. The SMILES string of the molecule is CCC1(CNCC(C)C)CCOC1C1CC1. The lowest BCUT2D eigenvalue weighted by Crippen LogP contribution is -2.42. The molecule has 2 aliphatic rings. The number of nitrogens with one attached hydrogen (secondary N) is 1. The van der Waals surface area contributed by atoms with Gasteiger partial charge in [-0.15, -0.1) is 0 Å². The van der Waals surface area contributed by atoms with Crippen LogP contribution in [0, 0.1) is 17.3 Å². The molecule has 0 aromatic rings. The van der Waals surface area contributed by atoms with Crippen LogP contribution in [0.4, 0.5) is 0 Å². The third-order valence-corrected chi connectivity index (χ3v) is 4.28. The molecule has 0 aromatic carbocycles. The van der Waals surface area contributed by atoms with Crippen LogP contribution in [0.3, 0.4) is 0 Å². The summed E-state index contributed by atoms with van der Waals surface area (Å²) < 4.78 is 6.00. The van der Waals surface area contributed by atoms with Gasteiger partial charge in [0.15, 0.2) is 0 Å². The molecule has 0 amide bonds. The Labute approximate surface area is 100 Å². The zero-order valence-electron chi connectivity index (χ0n) is 11.1. The van der Waals surface area contributed by atoms with Gasteiger partial charge in [-0.05, 0) is 44.1 Å². The van der Waals surface area contributed by atoms with Crippen LogP contribution in [0.1, 0.15) is 46.5 Å². The lowest BCUT2D eigenvalue weighted by atomic mass is 9.76. The average Bonchev–Trinajstić information content (AvgIpc) is 3.00. The maximum absolute atomic E-state index is 6.00. The third kappa shape index (κ3) is 2.60. The van der Waals surface area contributed by atoms with Gasteiger partial charge in [0, 0.05) is 18.6 Å². The highest BCUT2D eigenvalue weighted by Crippen LogP contribution is 2.49. The molecular weight excluding hydrogens is 198 g/mol. The first-order valence-corrected chi connectivity index (χ1v) is 7.00. The summed E-state index contributed by atoms with van der Waals surface area (Å²) >= 11 is 0. The minimum atomic E-state index is 0.441. The fraction of sp³-hybridized carbons (Fsp3) is 1.00. The van der Waals surface area contributed by atoms with Gasteiger partial charge in [-0.2, -0.15) is 0 Å². The maximum atomic E-state index is 6.00. The van der Waals surface area contributed by atoms with Crippen molar-refractivity contribution in [2.75, 3.05) is 19.7 Å². The number of hydrogen-bond acceptors (Lipinski definition) is 2. The Hall–Kier alpha value is -0.0800. The summed E-state index contributed by atoms with van der Waals surface area (Å²) in [4.78, 5) is 0. The first-order valence-electron chi connectivity index (χ1n) is 7.00. The maximum Gasteiger partial charge on any atom is 0.0672 e. The second-order valence-electron chi connectivity index (χ2n) is 6.12. The van der Waals surface area contributed by atoms with Gasteiger partial charge in [0.05, 0.1) is 6.10 Å². The highest BCUT2D eigenvalue weighted by atomic mass is 16.5. The van der Waals surface area contributed by atoms with E-state index in [1.165, 1.54) is 25.7 Å². The molecule has 0 spiro atoms. The summed E-state index contributed by atoms with van der Waals surface area (Å²) in [5.41, 5.74) is 0.441. The van der Waals surface area contributed by atoms with E-state index in [1.807, 2.05) is 0 Å². The van der Waals surface area contributed by atoms with Crippen molar-refractivity contribution in [2.24, 2.45) is 17.3 Å². The minimum Gasteiger partial charge on any atom is -0.377 e. The molecule has 16 heavy (non-hydrogen) atoms. The van der Waals surface area contributed by atoms with E-state index < -0.39 is 0 Å². The largest absolute Gasteiger partial charge is 0.377 e. The van der Waals surface area contributed by atoms with Crippen molar-refractivity contribution < 1.29 is 4.74 Å². The Morgan fingerprint density at radius 3 is 2.69 bits per heavy atom. The predicted molar refractivity (Wildman–Crippen MR) is 67.5 cm³/mol. The fourth-order valence-corrected chi connectivity index (χ4v) is 3.04. The van der Waals surface area contributed by atoms with Crippen molar-refractivity contribution in [3.8, 4) is 0 Å². The van der Waals surface area contributed by atoms with Crippen LogP contribution in [0.15, 0.2) is 0 Å². The normalized spacial score (nSPS) is 34.9. The average molecular weight is 225 g/mol. The van der Waals surface area contributed by atoms with Crippen LogP contribution in [0.5, 0.6) is 0 Å². The molecule has 2 unspecified atom stereocenters. The van der Waals surface area contributed by atoms with Gasteiger partial charge in [0.1, 0.15) is 0 Å². The Morgan fingerprint density at radius 2 is 2.12 bits per heavy atom. The minimum absolute atomic E-state index is 0.441. The van der Waals surface area contributed by atoms with E-state index in [1.54, 1.807) is 0 Å². The number of hydrogen-bond donors (Lipinski definition) is 1. The summed E-state index contributed by atoms with van der Waals surface area (Å²) in [5, 5.41) is 3.65. The molecule has 1 aliphatic carbocycles. The highest BCUT2D eigenvalue weighted by molar-refractivity contribution is 4.99. The molecule has 2 heteroatoms. The molecule has 94 valence electrons. The van der Waals surface area contributed by atoms with E-state index in [9.17, 15) is 0 Å². The molecule has 1 N–H and O–H groups in total. The van der Waals surface area contributed by atoms with Gasteiger partial charge in [0.2, 0.25) is 0 Å². The van der Waals surface area contributed by atoms with Crippen LogP contribution in [-0.4, -0.2) is 25.8 Å². The van der Waals surface area contributed by atoms with Crippen LogP contribution in [-0.2, 0) is 4.74 Å². The molecule has 0 bridgehead atoms. The molecular formula is C14H27NO. The van der Waals surface area contributed by atoms with Crippen LogP contribution < -0.4 is 5.32 Å². The summed E-state index contributed by atoms with van der Waals surface area (Å²) in [6, 6.07) is 0. The van der Waals surface area contributed by atoms with E-state index >= 15 is 0 Å². The van der Waals surface area contributed by atoms with E-state index in [0.29, 0.717) is 11.5 Å². The first-order chi connectivity index (χ1) is 7.68. The zero-order valence-corrected chi connectivity index (χ0v) is 11.1. The Kier molecular flexibility index (Phi) is 3.91. The molecule has 1 saturated carbocycles. The predicted octanol–water partition coefficient (Wildman–Crippen LogP) is 2.83. The van der Waals surface area contributed by atoms with Crippen LogP contribution in [0.2, 0.25) is 0 Å². The Bertz CT molecular complexity index is 225. The highest BCUT2D eigenvalue weighted by Gasteiger charge is 2.49. The molecule has 0 radical (unpaired) electrons. The van der Waals surface area contributed by atoms with Crippen molar-refractivity contribution in [3.63, 3.8) is 0 Å². The van der Waals surface area contributed by atoms with Crippen molar-refractivity contribution in [3.05, 3.63) is 0 Å². The summed E-state index contributed by atoms with van der Waals surface area (Å²) in [6.45, 7) is 10.2. The van der Waals surface area contributed by atoms with Gasteiger partial charge in [-0.25, -0.2) is 0 Å². The molecule has 0 aromatic heterocycles. The lowest BCUT2D eigenvalue weighted by molar-refractivity contribution is 0.0285. The molecule has 1 aliphatic heterocycles. The van der Waals surface area contributed by atoms with Crippen molar-refractivity contribution >= 4 is 0 Å². The van der Waals surface area contributed by atoms with Crippen molar-refractivity contribution in [2.45, 2.75) is 52.6 Å². The van der Waals surface area contributed by atoms with Gasteiger partial charge in [-0.3, -0.25) is 0 Å². The first kappa shape index (κ1) is 12.4. The molecule has 2 nitrogen and oxygen atoms in total. The van der Waals surface area contributed by atoms with Crippen LogP contribution in [0.25, 0.3) is 0 Å². The van der Waals surface area contributed by atoms with E-state index in [4.69, 9.17) is 4.74 Å². The second kappa shape index (κ2) is 5.05. The molecule has 1 heterocycles. The summed E-state index contributed by atoms with van der Waals surface area (Å²) in [7, 11) is 0. The topological polar surface area (TPSA) is 21.3 Å². The standard InChI is InChI=1S/C14H27NO/c1-4-14(10-15-9-11(2)3)7-8-16-13(14)12-5-6-12/h11-13,15H,4-10H2,1-3H3. The summed E-state index contributed by atoms with van der Waals surface area (Å²) in [5.74, 6) is 1.62. The van der Waals surface area contributed by atoms with Crippen LogP contribution >= 0.6 is 0 Å².